The molecular formula is C31H34ClN5O4. The van der Waals surface area contributed by atoms with Crippen molar-refractivity contribution in [1.29, 1.82) is 0 Å². The smallest absolute Gasteiger partial charge is 0.264 e. The fourth-order valence-electron chi connectivity index (χ4n) is 6.60. The van der Waals surface area contributed by atoms with E-state index in [2.05, 4.69) is 15.4 Å². The van der Waals surface area contributed by atoms with Crippen LogP contribution in [0.4, 0.5) is 0 Å². The van der Waals surface area contributed by atoms with Crippen LogP contribution in [0.5, 0.6) is 0 Å². The highest BCUT2D eigenvalue weighted by Crippen LogP contribution is 2.35. The minimum Gasteiger partial charge on any atom is -0.360 e. The summed E-state index contributed by atoms with van der Waals surface area (Å²) in [5.41, 5.74) is 2.00. The number of carbonyl (C=O) groups excluding carboxylic acids is 2. The summed E-state index contributed by atoms with van der Waals surface area (Å²) in [7, 11) is 0. The minimum absolute atomic E-state index is 0.0521. The number of amides is 2. The summed E-state index contributed by atoms with van der Waals surface area (Å²) in [4.78, 5) is 43.6. The molecule has 4 aromatic rings. The third-order valence-electron chi connectivity index (χ3n) is 8.63. The SMILES string of the molecule is CC(=O)N1CCN(C(C(=O)N[C@H]2CCC[C@@H](n3c(=O)c4c(C)onc4c4c(Cl)cccc43)C2)c2ccccc2)CC1. The number of halogens is 1. The molecule has 2 amide bonds. The maximum atomic E-state index is 13.9. The lowest BCUT2D eigenvalue weighted by molar-refractivity contribution is -0.133. The van der Waals surface area contributed by atoms with Crippen molar-refractivity contribution in [3.63, 3.8) is 0 Å². The van der Waals surface area contributed by atoms with Crippen molar-refractivity contribution in [2.45, 2.75) is 57.7 Å². The molecule has 1 N–H and O–H groups in total. The largest absolute Gasteiger partial charge is 0.360 e. The van der Waals surface area contributed by atoms with Crippen molar-refractivity contribution in [1.82, 2.24) is 24.8 Å². The van der Waals surface area contributed by atoms with Crippen LogP contribution in [0, 0.1) is 6.92 Å². The van der Waals surface area contributed by atoms with Gasteiger partial charge in [-0.25, -0.2) is 0 Å². The molecule has 2 aromatic carbocycles. The maximum absolute atomic E-state index is 13.9. The van der Waals surface area contributed by atoms with Crippen LogP contribution in [0.3, 0.4) is 0 Å². The van der Waals surface area contributed by atoms with Gasteiger partial charge >= 0.3 is 0 Å². The van der Waals surface area contributed by atoms with Crippen LogP contribution in [0.2, 0.25) is 5.02 Å². The number of aryl methyl sites for hydroxylation is 1. The number of hydrogen-bond donors (Lipinski definition) is 1. The van der Waals surface area contributed by atoms with E-state index in [1.54, 1.807) is 19.9 Å². The standard InChI is InChI=1S/C31H34ClN5O4/c1-19-26-28(34-41-19)27-24(32)12-7-13-25(27)37(31(26)40)23-11-6-10-22(18-23)33-30(39)29(21-8-4-3-5-9-21)36-16-14-35(15-17-36)20(2)38/h3-5,7-9,12-13,22-23,29H,6,10-11,14-18H2,1-2H3,(H,33,39)/t22-,23+,29?/m0/s1. The number of fused-ring (bicyclic) bond motifs is 3. The van der Waals surface area contributed by atoms with Gasteiger partial charge in [0.25, 0.3) is 5.56 Å². The topological polar surface area (TPSA) is 101 Å². The van der Waals surface area contributed by atoms with Gasteiger partial charge in [-0.3, -0.25) is 19.3 Å². The molecule has 0 bridgehead atoms. The molecule has 9 nitrogen and oxygen atoms in total. The number of carbonyl (C=O) groups is 2. The Morgan fingerprint density at radius 3 is 2.51 bits per heavy atom. The fraction of sp³-hybridized carbons (Fsp3) is 0.419. The number of piperazine rings is 1. The summed E-state index contributed by atoms with van der Waals surface area (Å²) < 4.78 is 7.25. The molecule has 2 aromatic heterocycles. The highest BCUT2D eigenvalue weighted by atomic mass is 35.5. The molecule has 1 saturated carbocycles. The van der Waals surface area contributed by atoms with E-state index in [0.717, 1.165) is 30.3 Å². The van der Waals surface area contributed by atoms with Gasteiger partial charge in [0.05, 0.1) is 10.5 Å². The van der Waals surface area contributed by atoms with Crippen molar-refractivity contribution in [2.75, 3.05) is 26.2 Å². The van der Waals surface area contributed by atoms with Crippen LogP contribution >= 0.6 is 11.6 Å². The first-order valence-electron chi connectivity index (χ1n) is 14.3. The summed E-state index contributed by atoms with van der Waals surface area (Å²) in [6, 6.07) is 14.7. The monoisotopic (exact) mass is 575 g/mol. The Labute approximate surface area is 243 Å². The number of nitrogens with zero attached hydrogens (tertiary/aromatic N) is 4. The lowest BCUT2D eigenvalue weighted by atomic mass is 9.89. The molecule has 1 aliphatic carbocycles. The van der Waals surface area contributed by atoms with Gasteiger partial charge in [-0.05, 0) is 50.3 Å². The second kappa shape index (κ2) is 11.3. The van der Waals surface area contributed by atoms with E-state index in [9.17, 15) is 14.4 Å². The number of pyridine rings is 1. The molecule has 1 saturated heterocycles. The first kappa shape index (κ1) is 27.5. The predicted octanol–water partition coefficient (Wildman–Crippen LogP) is 4.61. The predicted molar refractivity (Wildman–Crippen MR) is 158 cm³/mol. The normalized spacial score (nSPS) is 20.8. The van der Waals surface area contributed by atoms with Crippen molar-refractivity contribution >= 4 is 45.2 Å². The molecule has 3 heterocycles. The van der Waals surface area contributed by atoms with Gasteiger partial charge in [0, 0.05) is 50.6 Å². The Balaban J connectivity index is 1.28. The van der Waals surface area contributed by atoms with Gasteiger partial charge in [0.2, 0.25) is 11.8 Å². The molecular weight excluding hydrogens is 542 g/mol. The Morgan fingerprint density at radius 1 is 1.02 bits per heavy atom. The highest BCUT2D eigenvalue weighted by molar-refractivity contribution is 6.37. The second-order valence-corrected chi connectivity index (χ2v) is 11.6. The van der Waals surface area contributed by atoms with E-state index in [1.807, 2.05) is 51.9 Å². The van der Waals surface area contributed by atoms with E-state index in [4.69, 9.17) is 16.1 Å². The summed E-state index contributed by atoms with van der Waals surface area (Å²) in [5, 5.41) is 9.17. The van der Waals surface area contributed by atoms with Crippen LogP contribution < -0.4 is 10.9 Å². The van der Waals surface area contributed by atoms with Gasteiger partial charge < -0.3 is 19.3 Å². The summed E-state index contributed by atoms with van der Waals surface area (Å²) in [6.45, 7) is 5.77. The zero-order valence-electron chi connectivity index (χ0n) is 23.3. The average molecular weight is 576 g/mol. The van der Waals surface area contributed by atoms with E-state index in [-0.39, 0.29) is 29.5 Å². The first-order valence-corrected chi connectivity index (χ1v) is 14.6. The van der Waals surface area contributed by atoms with E-state index in [1.165, 1.54) is 0 Å². The quantitative estimate of drug-likeness (QED) is 0.373. The van der Waals surface area contributed by atoms with E-state index < -0.39 is 6.04 Å². The van der Waals surface area contributed by atoms with Crippen molar-refractivity contribution < 1.29 is 14.1 Å². The van der Waals surface area contributed by atoms with Gasteiger partial charge in [-0.1, -0.05) is 53.2 Å². The zero-order chi connectivity index (χ0) is 28.7. The first-order chi connectivity index (χ1) is 19.8. The van der Waals surface area contributed by atoms with Crippen LogP contribution in [0.15, 0.2) is 57.8 Å². The molecule has 41 heavy (non-hydrogen) atoms. The number of benzene rings is 2. The fourth-order valence-corrected chi connectivity index (χ4v) is 6.86. The van der Waals surface area contributed by atoms with Gasteiger partial charge in [0.15, 0.2) is 0 Å². The third kappa shape index (κ3) is 5.13. The van der Waals surface area contributed by atoms with Gasteiger partial charge in [-0.2, -0.15) is 0 Å². The molecule has 0 spiro atoms. The minimum atomic E-state index is -0.455. The highest BCUT2D eigenvalue weighted by Gasteiger charge is 2.34. The van der Waals surface area contributed by atoms with Gasteiger partial charge in [-0.15, -0.1) is 0 Å². The lowest BCUT2D eigenvalue weighted by Crippen LogP contribution is -2.53. The average Bonchev–Trinajstić information content (AvgIpc) is 3.36. The van der Waals surface area contributed by atoms with Crippen LogP contribution in [-0.2, 0) is 9.59 Å². The van der Waals surface area contributed by atoms with Crippen molar-refractivity contribution in [2.24, 2.45) is 0 Å². The van der Waals surface area contributed by atoms with Crippen molar-refractivity contribution in [3.05, 3.63) is 75.2 Å². The number of hydrogen-bond acceptors (Lipinski definition) is 6. The van der Waals surface area contributed by atoms with Gasteiger partial charge in [0.1, 0.15) is 22.7 Å². The molecule has 2 aliphatic rings. The number of nitrogens with one attached hydrogen (secondary N) is 1. The van der Waals surface area contributed by atoms with E-state index in [0.29, 0.717) is 59.7 Å². The zero-order valence-corrected chi connectivity index (χ0v) is 24.1. The third-order valence-corrected chi connectivity index (χ3v) is 8.94. The van der Waals surface area contributed by atoms with Crippen LogP contribution in [-0.4, -0.2) is 63.6 Å². The molecule has 1 aliphatic heterocycles. The molecule has 3 atom stereocenters. The number of aromatic nitrogens is 2. The Kier molecular flexibility index (Phi) is 7.57. The van der Waals surface area contributed by atoms with Crippen LogP contribution in [0.25, 0.3) is 21.8 Å². The summed E-state index contributed by atoms with van der Waals surface area (Å²) >= 11 is 6.62. The number of rotatable bonds is 5. The molecule has 2 fully saturated rings. The molecule has 10 heteroatoms. The summed E-state index contributed by atoms with van der Waals surface area (Å²) in [6.07, 6.45) is 3.16. The second-order valence-electron chi connectivity index (χ2n) is 11.2. The lowest BCUT2D eigenvalue weighted by Gasteiger charge is -2.39. The Hall–Kier alpha value is -3.69. The van der Waals surface area contributed by atoms with Crippen molar-refractivity contribution in [3.8, 4) is 0 Å². The Bertz CT molecular complexity index is 1660. The molecule has 1 unspecified atom stereocenters. The molecule has 0 radical (unpaired) electrons. The Morgan fingerprint density at radius 2 is 1.78 bits per heavy atom. The molecule has 214 valence electrons. The molecule has 6 rings (SSSR count). The maximum Gasteiger partial charge on any atom is 0.264 e. The summed E-state index contributed by atoms with van der Waals surface area (Å²) in [5.74, 6) is 0.475. The van der Waals surface area contributed by atoms with E-state index >= 15 is 0 Å². The van der Waals surface area contributed by atoms with Crippen LogP contribution in [0.1, 0.15) is 56.0 Å².